The van der Waals surface area contributed by atoms with Crippen LogP contribution < -0.4 is 10.2 Å². The molecule has 5 nitrogen and oxygen atoms in total. The molecule has 2 amide bonds. The van der Waals surface area contributed by atoms with Crippen molar-refractivity contribution in [2.75, 3.05) is 11.4 Å². The molecule has 0 aromatic heterocycles. The summed E-state index contributed by atoms with van der Waals surface area (Å²) in [6.07, 6.45) is 3.26. The van der Waals surface area contributed by atoms with E-state index in [4.69, 9.17) is 0 Å². The molecule has 1 aliphatic heterocycles. The normalized spacial score (nSPS) is 16.6. The van der Waals surface area contributed by atoms with Gasteiger partial charge in [-0.25, -0.2) is 0 Å². The fraction of sp³-hybridized carbons (Fsp3) is 0.476. The summed E-state index contributed by atoms with van der Waals surface area (Å²) >= 11 is 0. The monoisotopic (exact) mass is 356 g/mol. The first-order valence-corrected chi connectivity index (χ1v) is 9.30. The van der Waals surface area contributed by atoms with E-state index in [0.29, 0.717) is 32.2 Å². The highest BCUT2D eigenvalue weighted by Gasteiger charge is 2.33. The first-order chi connectivity index (χ1) is 12.4. The Morgan fingerprint density at radius 3 is 2.50 bits per heavy atom. The lowest BCUT2D eigenvalue weighted by atomic mass is 10.1. The number of nitrogens with zero attached hydrogens (tertiary/aromatic N) is 1. The molecule has 1 aromatic rings. The van der Waals surface area contributed by atoms with E-state index in [0.717, 1.165) is 23.2 Å². The van der Waals surface area contributed by atoms with E-state index < -0.39 is 6.04 Å². The minimum Gasteiger partial charge on any atom is -0.344 e. The Hall–Kier alpha value is -2.43. The Balaban J connectivity index is 1.83. The summed E-state index contributed by atoms with van der Waals surface area (Å²) < 4.78 is 0. The smallest absolute Gasteiger partial charge is 0.249 e. The summed E-state index contributed by atoms with van der Waals surface area (Å²) in [5.41, 5.74) is 2.86. The van der Waals surface area contributed by atoms with Gasteiger partial charge in [-0.15, -0.1) is 0 Å². The predicted molar refractivity (Wildman–Crippen MR) is 104 cm³/mol. The van der Waals surface area contributed by atoms with Crippen LogP contribution in [0.5, 0.6) is 0 Å². The van der Waals surface area contributed by atoms with Crippen LogP contribution in [0, 0.1) is 0 Å². The van der Waals surface area contributed by atoms with Gasteiger partial charge in [-0.05, 0) is 43.9 Å². The van der Waals surface area contributed by atoms with Gasteiger partial charge in [0.25, 0.3) is 0 Å². The van der Waals surface area contributed by atoms with Gasteiger partial charge in [-0.2, -0.15) is 0 Å². The Morgan fingerprint density at radius 1 is 1.19 bits per heavy atom. The fourth-order valence-corrected chi connectivity index (χ4v) is 3.11. The van der Waals surface area contributed by atoms with E-state index in [1.54, 1.807) is 4.90 Å². The number of hydrogen-bond donors (Lipinski definition) is 1. The second kappa shape index (κ2) is 9.32. The zero-order valence-corrected chi connectivity index (χ0v) is 15.7. The average molecular weight is 356 g/mol. The molecule has 1 unspecified atom stereocenters. The van der Waals surface area contributed by atoms with Crippen LogP contribution in [0.25, 0.3) is 5.57 Å². The van der Waals surface area contributed by atoms with E-state index in [9.17, 15) is 14.4 Å². The summed E-state index contributed by atoms with van der Waals surface area (Å²) in [5.74, 6) is -0.0442. The molecule has 1 fully saturated rings. The lowest BCUT2D eigenvalue weighted by Gasteiger charge is -2.18. The number of hydrogen-bond acceptors (Lipinski definition) is 3. The molecule has 1 heterocycles. The van der Waals surface area contributed by atoms with Gasteiger partial charge in [0.05, 0.1) is 0 Å². The highest BCUT2D eigenvalue weighted by Crippen LogP contribution is 2.23. The maximum absolute atomic E-state index is 12.6. The summed E-state index contributed by atoms with van der Waals surface area (Å²) in [6, 6.07) is 7.24. The number of rotatable bonds is 9. The van der Waals surface area contributed by atoms with Gasteiger partial charge in [0.2, 0.25) is 11.8 Å². The lowest BCUT2D eigenvalue weighted by Crippen LogP contribution is -2.41. The molecule has 1 aromatic carbocycles. The Morgan fingerprint density at radius 2 is 1.88 bits per heavy atom. The summed E-state index contributed by atoms with van der Waals surface area (Å²) in [5, 5.41) is 2.81. The van der Waals surface area contributed by atoms with Crippen molar-refractivity contribution in [1.82, 2.24) is 5.32 Å². The lowest BCUT2D eigenvalue weighted by molar-refractivity contribution is -0.126. The van der Waals surface area contributed by atoms with Crippen molar-refractivity contribution in [3.8, 4) is 0 Å². The van der Waals surface area contributed by atoms with Crippen LogP contribution in [0.2, 0.25) is 0 Å². The van der Waals surface area contributed by atoms with Crippen LogP contribution in [0.1, 0.15) is 57.9 Å². The van der Waals surface area contributed by atoms with Crippen molar-refractivity contribution < 1.29 is 14.4 Å². The number of anilines is 1. The van der Waals surface area contributed by atoms with Crippen molar-refractivity contribution in [3.05, 3.63) is 36.4 Å². The van der Waals surface area contributed by atoms with Crippen molar-refractivity contribution in [3.63, 3.8) is 0 Å². The third-order valence-electron chi connectivity index (χ3n) is 4.60. The third-order valence-corrected chi connectivity index (χ3v) is 4.60. The molecule has 1 aliphatic rings. The maximum atomic E-state index is 12.6. The number of carbonyl (C=O) groups excluding carboxylic acids is 3. The number of nitrogens with one attached hydrogen (secondary N) is 1. The third kappa shape index (κ3) is 5.28. The minimum absolute atomic E-state index is 0.0801. The molecule has 0 radical (unpaired) electrons. The quantitative estimate of drug-likeness (QED) is 0.737. The molecule has 0 bridgehead atoms. The van der Waals surface area contributed by atoms with Crippen molar-refractivity contribution in [2.24, 2.45) is 0 Å². The molecule has 0 saturated carbocycles. The van der Waals surface area contributed by atoms with Crippen molar-refractivity contribution in [1.29, 1.82) is 0 Å². The Kier molecular flexibility index (Phi) is 7.13. The first kappa shape index (κ1) is 19.9. The van der Waals surface area contributed by atoms with Crippen LogP contribution in [0.4, 0.5) is 5.69 Å². The van der Waals surface area contributed by atoms with Gasteiger partial charge in [-0.1, -0.05) is 31.2 Å². The standard InChI is InChI=1S/C21H28N2O3/c1-4-6-18(24)7-5-8-20(25)22-19-13-14-23(21(19)26)17-11-9-16(10-12-17)15(2)3/h9-12,19H,2,4-8,13-14H2,1,3H3,(H,22,25). The van der Waals surface area contributed by atoms with Crippen molar-refractivity contribution >= 4 is 28.9 Å². The van der Waals surface area contributed by atoms with Gasteiger partial charge in [-0.3, -0.25) is 14.4 Å². The van der Waals surface area contributed by atoms with E-state index in [1.807, 2.05) is 38.1 Å². The molecule has 26 heavy (non-hydrogen) atoms. The Bertz CT molecular complexity index is 679. The van der Waals surface area contributed by atoms with Crippen LogP contribution in [0.3, 0.4) is 0 Å². The zero-order chi connectivity index (χ0) is 19.1. The molecule has 1 atom stereocenters. The summed E-state index contributed by atoms with van der Waals surface area (Å²) in [4.78, 5) is 37.8. The molecular formula is C21H28N2O3. The van der Waals surface area contributed by atoms with E-state index in [1.165, 1.54) is 0 Å². The molecule has 0 aliphatic carbocycles. The molecule has 5 heteroatoms. The van der Waals surface area contributed by atoms with Crippen LogP contribution in [0.15, 0.2) is 30.8 Å². The highest BCUT2D eigenvalue weighted by atomic mass is 16.2. The van der Waals surface area contributed by atoms with E-state index in [2.05, 4.69) is 11.9 Å². The fourth-order valence-electron chi connectivity index (χ4n) is 3.11. The topological polar surface area (TPSA) is 66.5 Å². The second-order valence-corrected chi connectivity index (χ2v) is 6.87. The summed E-state index contributed by atoms with van der Waals surface area (Å²) in [6.45, 7) is 8.41. The van der Waals surface area contributed by atoms with E-state index in [-0.39, 0.29) is 24.0 Å². The molecular weight excluding hydrogens is 328 g/mol. The number of ketones is 1. The summed E-state index contributed by atoms with van der Waals surface area (Å²) in [7, 11) is 0. The molecule has 1 saturated heterocycles. The first-order valence-electron chi connectivity index (χ1n) is 9.30. The number of amides is 2. The van der Waals surface area contributed by atoms with Crippen molar-refractivity contribution in [2.45, 2.75) is 58.4 Å². The second-order valence-electron chi connectivity index (χ2n) is 6.87. The van der Waals surface area contributed by atoms with Crippen LogP contribution >= 0.6 is 0 Å². The Labute approximate surface area is 155 Å². The molecule has 0 spiro atoms. The van der Waals surface area contributed by atoms with Gasteiger partial charge in [0.1, 0.15) is 11.8 Å². The molecule has 2 rings (SSSR count). The number of carbonyl (C=O) groups is 3. The SMILES string of the molecule is C=C(C)c1ccc(N2CCC(NC(=O)CCCC(=O)CCC)C2=O)cc1. The number of allylic oxidation sites excluding steroid dienone is 1. The maximum Gasteiger partial charge on any atom is 0.249 e. The van der Waals surface area contributed by atoms with Crippen LogP contribution in [-0.2, 0) is 14.4 Å². The predicted octanol–water partition coefficient (Wildman–Crippen LogP) is 3.48. The molecule has 140 valence electrons. The number of benzene rings is 1. The highest BCUT2D eigenvalue weighted by molar-refractivity contribution is 6.01. The zero-order valence-electron chi connectivity index (χ0n) is 15.7. The van der Waals surface area contributed by atoms with E-state index >= 15 is 0 Å². The van der Waals surface area contributed by atoms with Gasteiger partial charge in [0, 0.05) is 31.5 Å². The van der Waals surface area contributed by atoms with Gasteiger partial charge >= 0.3 is 0 Å². The average Bonchev–Trinajstić information content (AvgIpc) is 2.96. The van der Waals surface area contributed by atoms with Crippen LogP contribution in [-0.4, -0.2) is 30.2 Å². The minimum atomic E-state index is -0.477. The van der Waals surface area contributed by atoms with Gasteiger partial charge in [0.15, 0.2) is 0 Å². The number of Topliss-reactive ketones (excluding diaryl/α,β-unsaturated/α-hetero) is 1. The largest absolute Gasteiger partial charge is 0.344 e. The van der Waals surface area contributed by atoms with Gasteiger partial charge < -0.3 is 10.2 Å². The molecule has 1 N–H and O–H groups in total.